The maximum Gasteiger partial charge on any atom is 0.388 e. The number of halogens is 3. The first-order valence-electron chi connectivity index (χ1n) is 7.17. The summed E-state index contributed by atoms with van der Waals surface area (Å²) in [7, 11) is 0. The van der Waals surface area contributed by atoms with Crippen LogP contribution in [0.3, 0.4) is 0 Å². The van der Waals surface area contributed by atoms with Crippen LogP contribution in [0.4, 0.5) is 8.78 Å². The normalized spacial score (nSPS) is 11.6. The Hall–Kier alpha value is -2.14. The lowest BCUT2D eigenvalue weighted by molar-refractivity contribution is -0.0528. The number of hydrogen-bond donors (Lipinski definition) is 1. The minimum absolute atomic E-state index is 0.122. The lowest BCUT2D eigenvalue weighted by atomic mass is 10.1. The van der Waals surface area contributed by atoms with Crippen molar-refractivity contribution in [1.82, 2.24) is 9.97 Å². The highest BCUT2D eigenvalue weighted by molar-refractivity contribution is 6.34. The van der Waals surface area contributed by atoms with Gasteiger partial charge in [0.05, 0.1) is 0 Å². The van der Waals surface area contributed by atoms with E-state index in [-0.39, 0.29) is 5.88 Å². The smallest absolute Gasteiger partial charge is 0.388 e. The Morgan fingerprint density at radius 2 is 1.96 bits per heavy atom. The van der Waals surface area contributed by atoms with E-state index in [0.717, 1.165) is 27.7 Å². The van der Waals surface area contributed by atoms with Crippen LogP contribution >= 0.6 is 11.6 Å². The minimum Gasteiger partial charge on any atom is -0.417 e. The molecular weight excluding hydrogens is 322 g/mol. The number of benzene rings is 1. The average Bonchev–Trinajstić information content (AvgIpc) is 2.90. The molecule has 0 spiro atoms. The van der Waals surface area contributed by atoms with Gasteiger partial charge in [-0.05, 0) is 30.2 Å². The second-order valence-electron chi connectivity index (χ2n) is 5.56. The molecule has 3 aromatic rings. The van der Waals surface area contributed by atoms with E-state index in [9.17, 15) is 8.78 Å². The molecule has 3 nitrogen and oxygen atoms in total. The second kappa shape index (κ2) is 6.16. The van der Waals surface area contributed by atoms with Gasteiger partial charge in [0.1, 0.15) is 0 Å². The highest BCUT2D eigenvalue weighted by Gasteiger charge is 2.11. The number of aromatic amines is 1. The number of fused-ring (bicyclic) bond motifs is 1. The van der Waals surface area contributed by atoms with E-state index in [4.69, 9.17) is 11.6 Å². The third kappa shape index (κ3) is 3.29. The Morgan fingerprint density at radius 3 is 2.57 bits per heavy atom. The first-order chi connectivity index (χ1) is 10.9. The predicted octanol–water partition coefficient (Wildman–Crippen LogP) is 5.61. The summed E-state index contributed by atoms with van der Waals surface area (Å²) in [6, 6.07) is 8.96. The molecule has 0 radical (unpaired) electrons. The maximum absolute atomic E-state index is 12.2. The standard InChI is InChI=1S/C17H15ClF2N2O/c1-9(2)14-6-11-5-13(18)12(7-15(11)22-14)10-3-4-16(21-8-10)23-17(19)20/h3-9,17,22H,1-2H3. The lowest BCUT2D eigenvalue weighted by Crippen LogP contribution is -2.03. The molecule has 0 fully saturated rings. The molecule has 1 N–H and O–H groups in total. The molecule has 0 amide bonds. The van der Waals surface area contributed by atoms with Crippen LogP contribution in [0.2, 0.25) is 5.02 Å². The lowest BCUT2D eigenvalue weighted by Gasteiger charge is -2.07. The zero-order valence-corrected chi connectivity index (χ0v) is 13.4. The van der Waals surface area contributed by atoms with Gasteiger partial charge in [0.25, 0.3) is 0 Å². The van der Waals surface area contributed by atoms with Crippen molar-refractivity contribution in [3.63, 3.8) is 0 Å². The molecule has 0 saturated carbocycles. The largest absolute Gasteiger partial charge is 0.417 e. The first-order valence-corrected chi connectivity index (χ1v) is 7.55. The molecule has 6 heteroatoms. The monoisotopic (exact) mass is 336 g/mol. The molecule has 23 heavy (non-hydrogen) atoms. The van der Waals surface area contributed by atoms with Crippen molar-refractivity contribution >= 4 is 22.5 Å². The zero-order valence-electron chi connectivity index (χ0n) is 12.6. The number of aromatic nitrogens is 2. The van der Waals surface area contributed by atoms with Crippen LogP contribution in [-0.2, 0) is 0 Å². The van der Waals surface area contributed by atoms with Gasteiger partial charge in [0, 0.05) is 45.0 Å². The summed E-state index contributed by atoms with van der Waals surface area (Å²) in [5, 5.41) is 1.61. The number of nitrogens with one attached hydrogen (secondary N) is 1. The van der Waals surface area contributed by atoms with Crippen LogP contribution in [0.1, 0.15) is 25.5 Å². The van der Waals surface area contributed by atoms with E-state index >= 15 is 0 Å². The van der Waals surface area contributed by atoms with Crippen LogP contribution in [0.15, 0.2) is 36.5 Å². The van der Waals surface area contributed by atoms with Crippen molar-refractivity contribution in [2.75, 3.05) is 0 Å². The number of hydrogen-bond acceptors (Lipinski definition) is 2. The van der Waals surface area contributed by atoms with E-state index in [1.54, 1.807) is 6.07 Å². The van der Waals surface area contributed by atoms with E-state index in [1.165, 1.54) is 12.3 Å². The molecule has 2 aromatic heterocycles. The predicted molar refractivity (Wildman–Crippen MR) is 87.3 cm³/mol. The molecule has 1 aromatic carbocycles. The van der Waals surface area contributed by atoms with E-state index in [0.29, 0.717) is 10.9 Å². The fourth-order valence-electron chi connectivity index (χ4n) is 2.41. The third-order valence-corrected chi connectivity index (χ3v) is 3.92. The number of rotatable bonds is 4. The summed E-state index contributed by atoms with van der Waals surface area (Å²) in [6.07, 6.45) is 1.47. The summed E-state index contributed by atoms with van der Waals surface area (Å²) in [6.45, 7) is 1.33. The molecule has 0 bridgehead atoms. The van der Waals surface area contributed by atoms with E-state index in [1.807, 2.05) is 12.1 Å². The Bertz CT molecular complexity index is 828. The molecule has 0 aliphatic carbocycles. The van der Waals surface area contributed by atoms with Gasteiger partial charge in [0.2, 0.25) is 5.88 Å². The second-order valence-corrected chi connectivity index (χ2v) is 5.97. The average molecular weight is 337 g/mol. The van der Waals surface area contributed by atoms with Crippen molar-refractivity contribution in [2.45, 2.75) is 26.4 Å². The molecule has 0 atom stereocenters. The topological polar surface area (TPSA) is 37.9 Å². The fourth-order valence-corrected chi connectivity index (χ4v) is 2.69. The molecule has 0 saturated heterocycles. The molecule has 2 heterocycles. The summed E-state index contributed by atoms with van der Waals surface area (Å²) >= 11 is 6.36. The van der Waals surface area contributed by atoms with Gasteiger partial charge >= 0.3 is 6.61 Å². The molecule has 0 aliphatic heterocycles. The number of nitrogens with zero attached hydrogens (tertiary/aromatic N) is 1. The van der Waals surface area contributed by atoms with Crippen LogP contribution in [0, 0.1) is 0 Å². The van der Waals surface area contributed by atoms with Crippen LogP contribution in [0.5, 0.6) is 5.88 Å². The summed E-state index contributed by atoms with van der Waals surface area (Å²) in [5.74, 6) is 0.264. The van der Waals surface area contributed by atoms with Gasteiger partial charge in [-0.15, -0.1) is 0 Å². The summed E-state index contributed by atoms with van der Waals surface area (Å²) in [5.41, 5.74) is 3.62. The van der Waals surface area contributed by atoms with Crippen molar-refractivity contribution in [3.8, 4) is 17.0 Å². The Labute approximate surface area is 137 Å². The van der Waals surface area contributed by atoms with Gasteiger partial charge in [-0.25, -0.2) is 4.98 Å². The van der Waals surface area contributed by atoms with E-state index in [2.05, 4.69) is 34.6 Å². The Kier molecular flexibility index (Phi) is 4.22. The molecule has 3 rings (SSSR count). The maximum atomic E-state index is 12.2. The zero-order chi connectivity index (χ0) is 16.6. The fraction of sp³-hybridized carbons (Fsp3) is 0.235. The van der Waals surface area contributed by atoms with Gasteiger partial charge < -0.3 is 9.72 Å². The number of H-pyrrole nitrogens is 1. The molecule has 0 aliphatic rings. The van der Waals surface area contributed by atoms with Gasteiger partial charge in [-0.1, -0.05) is 25.4 Å². The Balaban J connectivity index is 2.00. The van der Waals surface area contributed by atoms with Crippen LogP contribution < -0.4 is 4.74 Å². The van der Waals surface area contributed by atoms with Gasteiger partial charge in [-0.2, -0.15) is 8.78 Å². The highest BCUT2D eigenvalue weighted by atomic mass is 35.5. The highest BCUT2D eigenvalue weighted by Crippen LogP contribution is 2.33. The number of pyridine rings is 1. The van der Waals surface area contributed by atoms with Crippen molar-refractivity contribution < 1.29 is 13.5 Å². The quantitative estimate of drug-likeness (QED) is 0.672. The first kappa shape index (κ1) is 15.7. The molecular formula is C17H15ClF2N2O. The molecule has 120 valence electrons. The number of ether oxygens (including phenoxy) is 1. The van der Waals surface area contributed by atoms with E-state index < -0.39 is 6.61 Å². The SMILES string of the molecule is CC(C)c1cc2cc(Cl)c(-c3ccc(OC(F)F)nc3)cc2[nH]1. The van der Waals surface area contributed by atoms with Crippen molar-refractivity contribution in [3.05, 3.63) is 47.2 Å². The minimum atomic E-state index is -2.89. The number of alkyl halides is 2. The van der Waals surface area contributed by atoms with Gasteiger partial charge in [0.15, 0.2) is 0 Å². The van der Waals surface area contributed by atoms with Crippen molar-refractivity contribution in [2.24, 2.45) is 0 Å². The third-order valence-electron chi connectivity index (χ3n) is 3.61. The van der Waals surface area contributed by atoms with Crippen LogP contribution in [0.25, 0.3) is 22.0 Å². The molecule has 0 unspecified atom stereocenters. The summed E-state index contributed by atoms with van der Waals surface area (Å²) < 4.78 is 28.6. The Morgan fingerprint density at radius 1 is 1.17 bits per heavy atom. The summed E-state index contributed by atoms with van der Waals surface area (Å²) in [4.78, 5) is 7.25. The van der Waals surface area contributed by atoms with Crippen molar-refractivity contribution in [1.29, 1.82) is 0 Å². The van der Waals surface area contributed by atoms with Crippen LogP contribution in [-0.4, -0.2) is 16.6 Å². The van der Waals surface area contributed by atoms with Gasteiger partial charge in [-0.3, -0.25) is 0 Å².